The molecule has 0 aromatic rings. The second-order valence-corrected chi connectivity index (χ2v) is 16.8. The Balaban J connectivity index is 3.75. The van der Waals surface area contributed by atoms with Gasteiger partial charge in [0, 0.05) is 19.4 Å². The molecule has 0 saturated carbocycles. The van der Waals surface area contributed by atoms with Gasteiger partial charge < -0.3 is 20.1 Å². The van der Waals surface area contributed by atoms with E-state index in [9.17, 15) is 24.2 Å². The standard InChI is InChI=1S/C55H86NO8P/c1-3-5-7-9-11-13-15-17-19-21-23-25-26-28-29-31-33-35-37-39-41-43-45-47-54(58)56-49-50-63-65(60,61)64-52-53(57)51-62-55(59)48-46-44-42-40-38-36-34-32-30-27-24-22-20-18-16-14-12-10-8-6-4-2/h5-8,11-14,17-20,23-25,27-29,32-35,38,40,53,57H,3-4,9-10,15-16,21-22,26,30-31,36-37,39,41-52H2,1-2H3,(H,56,58)(H,60,61)/b7-5-,8-6-,13-11-,14-12-,19-17-,20-18-,25-23-,27-24-,29-28-,34-32-,35-33-,40-38-. The number of nitrogens with one attached hydrogen (secondary N) is 1. The van der Waals surface area contributed by atoms with Gasteiger partial charge in [-0.25, -0.2) is 4.57 Å². The van der Waals surface area contributed by atoms with E-state index < -0.39 is 26.5 Å². The molecule has 0 fully saturated rings. The fraction of sp³-hybridized carbons (Fsp3) is 0.527. The van der Waals surface area contributed by atoms with Crippen molar-refractivity contribution in [2.24, 2.45) is 0 Å². The molecule has 0 aromatic carbocycles. The Bertz CT molecular complexity index is 1560. The smallest absolute Gasteiger partial charge is 0.463 e. The summed E-state index contributed by atoms with van der Waals surface area (Å²) in [6, 6.07) is 0. The molecule has 10 heteroatoms. The molecule has 0 saturated heterocycles. The first-order chi connectivity index (χ1) is 31.8. The predicted molar refractivity (Wildman–Crippen MR) is 274 cm³/mol. The second-order valence-electron chi connectivity index (χ2n) is 15.3. The zero-order valence-electron chi connectivity index (χ0n) is 40.1. The number of hydrogen-bond acceptors (Lipinski definition) is 7. The Morgan fingerprint density at radius 3 is 1.25 bits per heavy atom. The van der Waals surface area contributed by atoms with Gasteiger partial charge in [-0.1, -0.05) is 173 Å². The molecule has 3 N–H and O–H groups in total. The highest BCUT2D eigenvalue weighted by Gasteiger charge is 2.23. The zero-order valence-corrected chi connectivity index (χ0v) is 41.0. The summed E-state index contributed by atoms with van der Waals surface area (Å²) in [6.07, 6.45) is 70.7. The molecule has 0 aliphatic rings. The minimum atomic E-state index is -4.45. The number of aliphatic hydroxyl groups is 1. The van der Waals surface area contributed by atoms with E-state index in [0.717, 1.165) is 122 Å². The third-order valence-electron chi connectivity index (χ3n) is 9.26. The second kappa shape index (κ2) is 49.3. The Kier molecular flexibility index (Phi) is 46.2. The third kappa shape index (κ3) is 50.7. The first kappa shape index (κ1) is 60.9. The van der Waals surface area contributed by atoms with Gasteiger partial charge in [-0.05, 0) is 116 Å². The van der Waals surface area contributed by atoms with Crippen LogP contribution in [-0.4, -0.2) is 54.3 Å². The van der Waals surface area contributed by atoms with Crippen LogP contribution in [0, 0.1) is 0 Å². The van der Waals surface area contributed by atoms with E-state index in [1.807, 2.05) is 0 Å². The van der Waals surface area contributed by atoms with Crippen LogP contribution in [0.4, 0.5) is 0 Å². The molecular weight excluding hydrogens is 834 g/mol. The van der Waals surface area contributed by atoms with Crippen molar-refractivity contribution < 1.29 is 37.9 Å². The van der Waals surface area contributed by atoms with Gasteiger partial charge in [0.25, 0.3) is 0 Å². The van der Waals surface area contributed by atoms with Gasteiger partial charge >= 0.3 is 13.8 Å². The summed E-state index contributed by atoms with van der Waals surface area (Å²) in [5, 5.41) is 12.7. The largest absolute Gasteiger partial charge is 0.472 e. The molecule has 2 unspecified atom stereocenters. The summed E-state index contributed by atoms with van der Waals surface area (Å²) in [6.45, 7) is 3.21. The van der Waals surface area contributed by atoms with E-state index in [1.54, 1.807) is 0 Å². The number of phosphoric ester groups is 1. The molecule has 0 heterocycles. The predicted octanol–water partition coefficient (Wildman–Crippen LogP) is 14.4. The van der Waals surface area contributed by atoms with Gasteiger partial charge in [0.05, 0.1) is 13.2 Å². The molecular formula is C55H86NO8P. The van der Waals surface area contributed by atoms with E-state index in [-0.39, 0.29) is 32.1 Å². The Hall–Kier alpha value is -4.11. The number of phosphoric acid groups is 1. The monoisotopic (exact) mass is 920 g/mol. The number of esters is 1. The molecule has 364 valence electrons. The lowest BCUT2D eigenvalue weighted by molar-refractivity contribution is -0.147. The van der Waals surface area contributed by atoms with Crippen molar-refractivity contribution in [2.45, 2.75) is 161 Å². The maximum Gasteiger partial charge on any atom is 0.472 e. The Morgan fingerprint density at radius 1 is 0.477 bits per heavy atom. The van der Waals surface area contributed by atoms with E-state index in [2.05, 4.69) is 165 Å². The number of aliphatic hydroxyl groups excluding tert-OH is 1. The minimum absolute atomic E-state index is 0.0513. The van der Waals surface area contributed by atoms with Crippen molar-refractivity contribution in [3.05, 3.63) is 146 Å². The number of rotatable bonds is 43. The fourth-order valence-electron chi connectivity index (χ4n) is 5.68. The molecule has 0 spiro atoms. The Labute approximate surface area is 395 Å². The first-order valence-corrected chi connectivity index (χ1v) is 25.8. The van der Waals surface area contributed by atoms with Crippen LogP contribution in [-0.2, 0) is 27.9 Å². The minimum Gasteiger partial charge on any atom is -0.463 e. The van der Waals surface area contributed by atoms with Crippen LogP contribution in [0.3, 0.4) is 0 Å². The fourth-order valence-corrected chi connectivity index (χ4v) is 6.44. The van der Waals surface area contributed by atoms with E-state index in [0.29, 0.717) is 12.8 Å². The number of allylic oxidation sites excluding steroid dienone is 24. The average molecular weight is 920 g/mol. The lowest BCUT2D eigenvalue weighted by Gasteiger charge is -2.15. The van der Waals surface area contributed by atoms with Crippen molar-refractivity contribution in [2.75, 3.05) is 26.4 Å². The number of ether oxygens (including phenoxy) is 1. The van der Waals surface area contributed by atoms with Gasteiger partial charge in [0.15, 0.2) is 0 Å². The van der Waals surface area contributed by atoms with Crippen molar-refractivity contribution >= 4 is 19.7 Å². The molecule has 1 amide bonds. The summed E-state index contributed by atoms with van der Waals surface area (Å²) < 4.78 is 26.9. The van der Waals surface area contributed by atoms with Gasteiger partial charge in [-0.2, -0.15) is 0 Å². The highest BCUT2D eigenvalue weighted by Crippen LogP contribution is 2.42. The topological polar surface area (TPSA) is 131 Å². The van der Waals surface area contributed by atoms with Crippen molar-refractivity contribution in [1.29, 1.82) is 0 Å². The average Bonchev–Trinajstić information content (AvgIpc) is 3.29. The highest BCUT2D eigenvalue weighted by atomic mass is 31.2. The molecule has 0 rings (SSSR count). The van der Waals surface area contributed by atoms with Crippen molar-refractivity contribution in [3.63, 3.8) is 0 Å². The van der Waals surface area contributed by atoms with Crippen LogP contribution in [0.5, 0.6) is 0 Å². The lowest BCUT2D eigenvalue weighted by atomic mass is 10.1. The van der Waals surface area contributed by atoms with Crippen LogP contribution in [0.1, 0.15) is 155 Å². The molecule has 0 radical (unpaired) electrons. The van der Waals surface area contributed by atoms with Crippen LogP contribution in [0.25, 0.3) is 0 Å². The zero-order chi connectivity index (χ0) is 47.4. The summed E-state index contributed by atoms with van der Waals surface area (Å²) in [5.41, 5.74) is 0. The number of amides is 1. The summed E-state index contributed by atoms with van der Waals surface area (Å²) in [5.74, 6) is -0.600. The SMILES string of the molecule is CC/C=C\C/C=C\C/C=C\C/C=C\C/C=C\C/C=C\CCCCCCC(=O)NCCOP(=O)(O)OCC(O)COC(=O)CCCC/C=C\C/C=C\C/C=C\C/C=C\C/C=C\C/C=C\CC. The van der Waals surface area contributed by atoms with Gasteiger partial charge in [0.1, 0.15) is 12.7 Å². The summed E-state index contributed by atoms with van der Waals surface area (Å²) in [7, 11) is -4.45. The lowest BCUT2D eigenvalue weighted by Crippen LogP contribution is -2.27. The Morgan fingerprint density at radius 2 is 0.831 bits per heavy atom. The van der Waals surface area contributed by atoms with Crippen LogP contribution < -0.4 is 5.32 Å². The highest BCUT2D eigenvalue weighted by molar-refractivity contribution is 7.47. The maximum absolute atomic E-state index is 12.1. The van der Waals surface area contributed by atoms with E-state index >= 15 is 0 Å². The molecule has 2 atom stereocenters. The third-order valence-corrected chi connectivity index (χ3v) is 10.2. The molecule has 65 heavy (non-hydrogen) atoms. The summed E-state index contributed by atoms with van der Waals surface area (Å²) in [4.78, 5) is 34.0. The maximum atomic E-state index is 12.1. The summed E-state index contributed by atoms with van der Waals surface area (Å²) >= 11 is 0. The number of carbonyl (C=O) groups excluding carboxylic acids is 2. The van der Waals surface area contributed by atoms with Crippen LogP contribution in [0.15, 0.2) is 146 Å². The molecule has 0 aliphatic heterocycles. The van der Waals surface area contributed by atoms with Crippen LogP contribution >= 0.6 is 7.82 Å². The first-order valence-electron chi connectivity index (χ1n) is 24.3. The molecule has 0 aromatic heterocycles. The molecule has 0 bridgehead atoms. The van der Waals surface area contributed by atoms with E-state index in [1.165, 1.54) is 0 Å². The van der Waals surface area contributed by atoms with Gasteiger partial charge in [0.2, 0.25) is 5.91 Å². The van der Waals surface area contributed by atoms with Crippen molar-refractivity contribution in [3.8, 4) is 0 Å². The molecule has 0 aliphatic carbocycles. The van der Waals surface area contributed by atoms with Gasteiger partial charge in [-0.3, -0.25) is 18.6 Å². The number of unbranched alkanes of at least 4 members (excludes halogenated alkanes) is 6. The van der Waals surface area contributed by atoms with E-state index in [4.69, 9.17) is 13.8 Å². The number of carbonyl (C=O) groups is 2. The number of hydrogen-bond donors (Lipinski definition) is 3. The normalized spacial score (nSPS) is 14.5. The molecule has 9 nitrogen and oxygen atoms in total. The van der Waals surface area contributed by atoms with Gasteiger partial charge in [-0.15, -0.1) is 0 Å². The van der Waals surface area contributed by atoms with Crippen LogP contribution in [0.2, 0.25) is 0 Å². The van der Waals surface area contributed by atoms with Crippen molar-refractivity contribution in [1.82, 2.24) is 5.32 Å². The quantitative estimate of drug-likeness (QED) is 0.0238.